The molecule has 168 valence electrons. The van der Waals surface area contributed by atoms with E-state index in [-0.39, 0.29) is 17.9 Å². The Balaban J connectivity index is 1.51. The number of anilines is 1. The van der Waals surface area contributed by atoms with Crippen LogP contribution < -0.4 is 4.90 Å². The van der Waals surface area contributed by atoms with Crippen molar-refractivity contribution in [2.24, 2.45) is 0 Å². The number of fused-ring (bicyclic) bond motifs is 1. The Kier molecular flexibility index (Phi) is 5.81. The topological polar surface area (TPSA) is 92.2 Å². The highest BCUT2D eigenvalue weighted by molar-refractivity contribution is 5.95. The Bertz CT molecular complexity index is 1170. The standard InChI is InChI=1S/C25H26N6O2/c1-17-19-10-11-22(32)31(16-18-7-3-2-4-8-18)24(19)29-23(28-17)21-9-5-6-14-30(21)25(33)20-15-26-12-13-27-20/h2-4,7-8,12-13,15,21H,5-6,9-11,14,16H2,1H3. The molecular weight excluding hydrogens is 416 g/mol. The van der Waals surface area contributed by atoms with Gasteiger partial charge in [0, 0.05) is 36.6 Å². The third kappa shape index (κ3) is 4.20. The summed E-state index contributed by atoms with van der Waals surface area (Å²) in [5.74, 6) is 1.17. The first kappa shape index (κ1) is 21.2. The summed E-state index contributed by atoms with van der Waals surface area (Å²) in [5.41, 5.74) is 3.25. The fraction of sp³-hybridized carbons (Fsp3) is 0.360. The average Bonchev–Trinajstić information content (AvgIpc) is 2.86. The van der Waals surface area contributed by atoms with Crippen LogP contribution in [0.3, 0.4) is 0 Å². The lowest BCUT2D eigenvalue weighted by molar-refractivity contribution is -0.119. The molecule has 3 aromatic rings. The van der Waals surface area contributed by atoms with Crippen LogP contribution in [-0.4, -0.2) is 43.2 Å². The zero-order chi connectivity index (χ0) is 22.8. The molecule has 0 radical (unpaired) electrons. The van der Waals surface area contributed by atoms with Gasteiger partial charge < -0.3 is 4.90 Å². The zero-order valence-electron chi connectivity index (χ0n) is 18.6. The van der Waals surface area contributed by atoms with Crippen molar-refractivity contribution in [3.63, 3.8) is 0 Å². The van der Waals surface area contributed by atoms with E-state index in [1.165, 1.54) is 12.4 Å². The molecule has 0 N–H and O–H groups in total. The van der Waals surface area contributed by atoms with Gasteiger partial charge in [-0.3, -0.25) is 19.5 Å². The van der Waals surface area contributed by atoms with Crippen molar-refractivity contribution in [1.82, 2.24) is 24.8 Å². The number of benzene rings is 1. The van der Waals surface area contributed by atoms with Gasteiger partial charge in [-0.1, -0.05) is 30.3 Å². The second-order valence-electron chi connectivity index (χ2n) is 8.54. The number of piperidine rings is 1. The second kappa shape index (κ2) is 9.05. The Morgan fingerprint density at radius 1 is 1.09 bits per heavy atom. The maximum atomic E-state index is 13.2. The van der Waals surface area contributed by atoms with E-state index in [2.05, 4.69) is 9.97 Å². The van der Waals surface area contributed by atoms with Gasteiger partial charge in [0.2, 0.25) is 5.91 Å². The van der Waals surface area contributed by atoms with Gasteiger partial charge in [0.05, 0.1) is 18.8 Å². The van der Waals surface area contributed by atoms with Gasteiger partial charge in [-0.2, -0.15) is 0 Å². The van der Waals surface area contributed by atoms with Crippen molar-refractivity contribution in [1.29, 1.82) is 0 Å². The van der Waals surface area contributed by atoms with Gasteiger partial charge >= 0.3 is 0 Å². The van der Waals surface area contributed by atoms with Crippen LogP contribution in [0.5, 0.6) is 0 Å². The van der Waals surface area contributed by atoms with Crippen LogP contribution in [0, 0.1) is 6.92 Å². The Hall–Kier alpha value is -3.68. The number of likely N-dealkylation sites (tertiary alicyclic amines) is 1. The highest BCUT2D eigenvalue weighted by atomic mass is 16.2. The highest BCUT2D eigenvalue weighted by Crippen LogP contribution is 2.35. The number of hydrogen-bond acceptors (Lipinski definition) is 6. The summed E-state index contributed by atoms with van der Waals surface area (Å²) in [6.45, 7) is 3.06. The summed E-state index contributed by atoms with van der Waals surface area (Å²) in [6.07, 6.45) is 8.34. The van der Waals surface area contributed by atoms with Crippen molar-refractivity contribution < 1.29 is 9.59 Å². The zero-order valence-corrected chi connectivity index (χ0v) is 18.6. The second-order valence-corrected chi connectivity index (χ2v) is 8.54. The quantitative estimate of drug-likeness (QED) is 0.615. The van der Waals surface area contributed by atoms with Gasteiger partial charge in [-0.05, 0) is 38.2 Å². The smallest absolute Gasteiger partial charge is 0.274 e. The van der Waals surface area contributed by atoms with E-state index in [0.29, 0.717) is 43.3 Å². The highest BCUT2D eigenvalue weighted by Gasteiger charge is 2.34. The molecule has 2 aliphatic rings. The first-order chi connectivity index (χ1) is 16.1. The molecule has 2 aromatic heterocycles. The molecule has 0 saturated carbocycles. The molecule has 1 aromatic carbocycles. The monoisotopic (exact) mass is 442 g/mol. The van der Waals surface area contributed by atoms with Crippen LogP contribution in [0.15, 0.2) is 48.9 Å². The third-order valence-corrected chi connectivity index (χ3v) is 6.38. The van der Waals surface area contributed by atoms with E-state index in [9.17, 15) is 9.59 Å². The molecule has 33 heavy (non-hydrogen) atoms. The third-order valence-electron chi connectivity index (χ3n) is 6.38. The van der Waals surface area contributed by atoms with Crippen LogP contribution in [0.4, 0.5) is 5.82 Å². The van der Waals surface area contributed by atoms with Crippen LogP contribution in [0.2, 0.25) is 0 Å². The molecular formula is C25H26N6O2. The van der Waals surface area contributed by atoms with Crippen LogP contribution in [0.25, 0.3) is 0 Å². The molecule has 2 amide bonds. The van der Waals surface area contributed by atoms with Gasteiger partial charge in [-0.15, -0.1) is 0 Å². The van der Waals surface area contributed by atoms with E-state index in [0.717, 1.165) is 36.1 Å². The molecule has 2 aliphatic heterocycles. The lowest BCUT2D eigenvalue weighted by Gasteiger charge is -2.36. The lowest BCUT2D eigenvalue weighted by atomic mass is 9.99. The number of amides is 2. The maximum Gasteiger partial charge on any atom is 0.274 e. The molecule has 8 heteroatoms. The normalized spacial score (nSPS) is 18.2. The van der Waals surface area contributed by atoms with Crippen LogP contribution in [-0.2, 0) is 17.8 Å². The van der Waals surface area contributed by atoms with E-state index < -0.39 is 0 Å². The minimum Gasteiger partial charge on any atom is -0.327 e. The molecule has 0 spiro atoms. The van der Waals surface area contributed by atoms with Gasteiger partial charge in [0.1, 0.15) is 11.5 Å². The summed E-state index contributed by atoms with van der Waals surface area (Å²) in [7, 11) is 0. The molecule has 8 nitrogen and oxygen atoms in total. The number of carbonyl (C=O) groups excluding carboxylic acids is 2. The number of aryl methyl sites for hydroxylation is 1. The Labute approximate surface area is 192 Å². The maximum absolute atomic E-state index is 13.2. The summed E-state index contributed by atoms with van der Waals surface area (Å²) >= 11 is 0. The Morgan fingerprint density at radius 3 is 2.73 bits per heavy atom. The van der Waals surface area contributed by atoms with E-state index in [1.54, 1.807) is 16.0 Å². The summed E-state index contributed by atoms with van der Waals surface area (Å²) in [4.78, 5) is 47.7. The molecule has 0 aliphatic carbocycles. The minimum absolute atomic E-state index is 0.0616. The van der Waals surface area contributed by atoms with E-state index >= 15 is 0 Å². The van der Waals surface area contributed by atoms with Crippen molar-refractivity contribution in [3.8, 4) is 0 Å². The molecule has 5 rings (SSSR count). The molecule has 0 bridgehead atoms. The van der Waals surface area contributed by atoms with Crippen molar-refractivity contribution in [2.45, 2.75) is 51.6 Å². The largest absolute Gasteiger partial charge is 0.327 e. The van der Waals surface area contributed by atoms with E-state index in [1.807, 2.05) is 37.3 Å². The number of aromatic nitrogens is 4. The average molecular weight is 443 g/mol. The van der Waals surface area contributed by atoms with Gasteiger partial charge in [0.15, 0.2) is 5.82 Å². The number of hydrogen-bond donors (Lipinski definition) is 0. The molecule has 4 heterocycles. The minimum atomic E-state index is -0.257. The fourth-order valence-electron chi connectivity index (χ4n) is 4.68. The predicted octanol–water partition coefficient (Wildman–Crippen LogP) is 3.42. The summed E-state index contributed by atoms with van der Waals surface area (Å²) in [6, 6.07) is 9.68. The molecule has 1 fully saturated rings. The van der Waals surface area contributed by atoms with Crippen molar-refractivity contribution in [3.05, 3.63) is 77.3 Å². The van der Waals surface area contributed by atoms with Crippen molar-refractivity contribution >= 4 is 17.6 Å². The van der Waals surface area contributed by atoms with Gasteiger partial charge in [0.25, 0.3) is 5.91 Å². The molecule has 1 saturated heterocycles. The van der Waals surface area contributed by atoms with E-state index in [4.69, 9.17) is 9.97 Å². The van der Waals surface area contributed by atoms with Crippen molar-refractivity contribution in [2.75, 3.05) is 11.4 Å². The predicted molar refractivity (Wildman–Crippen MR) is 122 cm³/mol. The molecule has 1 unspecified atom stereocenters. The summed E-state index contributed by atoms with van der Waals surface area (Å²) in [5, 5.41) is 0. The van der Waals surface area contributed by atoms with Gasteiger partial charge in [-0.25, -0.2) is 15.0 Å². The Morgan fingerprint density at radius 2 is 1.94 bits per heavy atom. The number of rotatable bonds is 4. The lowest BCUT2D eigenvalue weighted by Crippen LogP contribution is -2.41. The fourth-order valence-corrected chi connectivity index (χ4v) is 4.68. The van der Waals surface area contributed by atoms with Crippen LogP contribution in [0.1, 0.15) is 64.9 Å². The number of nitrogens with zero attached hydrogens (tertiary/aromatic N) is 6. The SMILES string of the molecule is Cc1nc(C2CCCCN2C(=O)c2cnccn2)nc2c1CCC(=O)N2Cc1ccccc1. The first-order valence-corrected chi connectivity index (χ1v) is 11.4. The first-order valence-electron chi connectivity index (χ1n) is 11.4. The van der Waals surface area contributed by atoms with Crippen LogP contribution >= 0.6 is 0 Å². The molecule has 1 atom stereocenters. The summed E-state index contributed by atoms with van der Waals surface area (Å²) < 4.78 is 0. The number of carbonyl (C=O) groups is 2.